The maximum Gasteiger partial charge on any atom is 0.260 e. The molecule has 0 saturated heterocycles. The second-order valence-electron chi connectivity index (χ2n) is 8.62. The van der Waals surface area contributed by atoms with Gasteiger partial charge in [-0.15, -0.1) is 0 Å². The average Bonchev–Trinajstić information content (AvgIpc) is 3.24. The summed E-state index contributed by atoms with van der Waals surface area (Å²) in [5.74, 6) is -4.74. The van der Waals surface area contributed by atoms with Gasteiger partial charge >= 0.3 is 0 Å². The van der Waals surface area contributed by atoms with E-state index in [0.717, 1.165) is 33.3 Å². The van der Waals surface area contributed by atoms with Crippen LogP contribution in [0.25, 0.3) is 27.7 Å². The first-order chi connectivity index (χ1) is 15.7. The summed E-state index contributed by atoms with van der Waals surface area (Å²) in [6, 6.07) is 5.49. The number of alkyl halides is 2. The molecule has 33 heavy (non-hydrogen) atoms. The summed E-state index contributed by atoms with van der Waals surface area (Å²) in [5, 5.41) is 13.4. The zero-order valence-electron chi connectivity index (χ0n) is 18.4. The minimum atomic E-state index is -2.93. The molecule has 5 rings (SSSR count). The molecule has 1 amide bonds. The monoisotopic (exact) mass is 451 g/mol. The second-order valence-corrected chi connectivity index (χ2v) is 8.62. The van der Waals surface area contributed by atoms with Crippen LogP contribution in [-0.4, -0.2) is 36.3 Å². The first-order valence-electron chi connectivity index (χ1n) is 10.8. The van der Waals surface area contributed by atoms with Gasteiger partial charge in [0.1, 0.15) is 17.4 Å². The van der Waals surface area contributed by atoms with Crippen LogP contribution in [0.5, 0.6) is 0 Å². The van der Waals surface area contributed by atoms with Crippen molar-refractivity contribution in [2.75, 3.05) is 5.32 Å². The van der Waals surface area contributed by atoms with Crippen LogP contribution >= 0.6 is 0 Å². The number of aryl methyl sites for hydroxylation is 2. The van der Waals surface area contributed by atoms with E-state index in [1.807, 2.05) is 43.5 Å². The van der Waals surface area contributed by atoms with Crippen LogP contribution in [0.3, 0.4) is 0 Å². The number of pyridine rings is 3. The van der Waals surface area contributed by atoms with E-state index < -0.39 is 30.3 Å². The quantitative estimate of drug-likeness (QED) is 0.463. The third-order valence-corrected chi connectivity index (χ3v) is 6.08. The molecule has 4 aromatic heterocycles. The molecule has 9 heteroatoms. The lowest BCUT2D eigenvalue weighted by Crippen LogP contribution is -2.18. The van der Waals surface area contributed by atoms with Crippen molar-refractivity contribution in [3.8, 4) is 11.1 Å². The highest BCUT2D eigenvalue weighted by molar-refractivity contribution is 5.97. The van der Waals surface area contributed by atoms with Crippen molar-refractivity contribution in [2.45, 2.75) is 45.6 Å². The van der Waals surface area contributed by atoms with Crippen LogP contribution in [0.4, 0.5) is 14.6 Å². The summed E-state index contributed by atoms with van der Waals surface area (Å²) in [4.78, 5) is 25.5. The highest BCUT2D eigenvalue weighted by Gasteiger charge is 2.61. The number of fused-ring (bicyclic) bond motifs is 3. The number of hydrogen-bond acceptors (Lipinski definition) is 5. The number of nitrogens with zero attached hydrogens (tertiary/aromatic N) is 4. The second kappa shape index (κ2) is 7.55. The Morgan fingerprint density at radius 3 is 2.67 bits per heavy atom. The molecule has 1 fully saturated rings. The van der Waals surface area contributed by atoms with E-state index in [0.29, 0.717) is 17.8 Å². The van der Waals surface area contributed by atoms with E-state index in [-0.39, 0.29) is 5.82 Å². The van der Waals surface area contributed by atoms with Gasteiger partial charge in [-0.1, -0.05) is 6.92 Å². The zero-order valence-corrected chi connectivity index (χ0v) is 18.4. The molecule has 0 unspecified atom stereocenters. The first-order valence-corrected chi connectivity index (χ1v) is 10.8. The van der Waals surface area contributed by atoms with Gasteiger partial charge in [0.2, 0.25) is 5.91 Å². The number of anilines is 1. The van der Waals surface area contributed by atoms with Crippen molar-refractivity contribution < 1.29 is 18.7 Å². The third kappa shape index (κ3) is 3.72. The summed E-state index contributed by atoms with van der Waals surface area (Å²) in [6.45, 7) is 5.74. The molecule has 0 spiro atoms. The SMILES string of the molecule is CC[C@H](O)c1cc(C)c(-c2cc3cnc(NC(=O)[C@H]4CC4(F)F)cc3n3cc(C)nc23)cn1. The van der Waals surface area contributed by atoms with Gasteiger partial charge < -0.3 is 10.4 Å². The number of hydrogen-bond donors (Lipinski definition) is 2. The van der Waals surface area contributed by atoms with Gasteiger partial charge in [0.05, 0.1) is 23.0 Å². The number of carbonyl (C=O) groups excluding carboxylic acids is 1. The van der Waals surface area contributed by atoms with Gasteiger partial charge in [0, 0.05) is 47.6 Å². The van der Waals surface area contributed by atoms with E-state index in [2.05, 4.69) is 20.3 Å². The zero-order chi connectivity index (χ0) is 23.5. The molecule has 1 aliphatic carbocycles. The van der Waals surface area contributed by atoms with Gasteiger partial charge in [0.25, 0.3) is 5.92 Å². The lowest BCUT2D eigenvalue weighted by atomic mass is 10.0. The standard InChI is InChI=1S/C24H23F2N5O2/c1-4-20(32)18-5-12(2)16(10-27-18)15-6-14-9-28-21(30-23(33)17-8-24(17,25)26)7-19(14)31-11-13(3)29-22(15)31/h5-7,9-11,17,20,32H,4,8H2,1-3H3,(H,28,30,33)/t17-,20+/m1/s1. The number of aromatic nitrogens is 4. The molecule has 2 atom stereocenters. The molecule has 2 N–H and O–H groups in total. The minimum absolute atomic E-state index is 0.214. The number of amides is 1. The van der Waals surface area contributed by atoms with Gasteiger partial charge in [-0.05, 0) is 38.0 Å². The number of halogens is 2. The highest BCUT2D eigenvalue weighted by atomic mass is 19.3. The summed E-state index contributed by atoms with van der Waals surface area (Å²) >= 11 is 0. The topological polar surface area (TPSA) is 92.4 Å². The Labute approximate surface area is 188 Å². The van der Waals surface area contributed by atoms with Crippen LogP contribution in [0.15, 0.2) is 36.8 Å². The largest absolute Gasteiger partial charge is 0.387 e. The molecule has 1 saturated carbocycles. The first kappa shape index (κ1) is 21.4. The fourth-order valence-electron chi connectivity index (χ4n) is 4.10. The highest BCUT2D eigenvalue weighted by Crippen LogP contribution is 2.49. The molecule has 1 aliphatic rings. The molecule has 0 aliphatic heterocycles. The molecule has 7 nitrogen and oxygen atoms in total. The molecule has 0 radical (unpaired) electrons. The summed E-state index contributed by atoms with van der Waals surface area (Å²) in [6.07, 6.45) is 4.76. The van der Waals surface area contributed by atoms with Crippen LogP contribution in [0.2, 0.25) is 0 Å². The number of aliphatic hydroxyl groups is 1. The van der Waals surface area contributed by atoms with E-state index in [1.165, 1.54) is 0 Å². The summed E-state index contributed by atoms with van der Waals surface area (Å²) in [7, 11) is 0. The Hall–Kier alpha value is -3.46. The average molecular weight is 451 g/mol. The molecule has 4 aromatic rings. The smallest absolute Gasteiger partial charge is 0.260 e. The predicted molar refractivity (Wildman–Crippen MR) is 120 cm³/mol. The molecular weight excluding hydrogens is 428 g/mol. The molecular formula is C24H23F2N5O2. The summed E-state index contributed by atoms with van der Waals surface area (Å²) < 4.78 is 28.4. The van der Waals surface area contributed by atoms with Crippen LogP contribution in [0.1, 0.15) is 42.8 Å². The fraction of sp³-hybridized carbons (Fsp3) is 0.333. The van der Waals surface area contributed by atoms with Crippen LogP contribution in [0, 0.1) is 19.8 Å². The van der Waals surface area contributed by atoms with E-state index in [9.17, 15) is 18.7 Å². The fourth-order valence-corrected chi connectivity index (χ4v) is 4.10. The Kier molecular flexibility index (Phi) is 4.89. The molecule has 4 heterocycles. The third-order valence-electron chi connectivity index (χ3n) is 6.08. The van der Waals surface area contributed by atoms with Crippen molar-refractivity contribution in [3.05, 3.63) is 53.7 Å². The molecule has 0 aromatic carbocycles. The van der Waals surface area contributed by atoms with Gasteiger partial charge in [-0.2, -0.15) is 0 Å². The number of rotatable bonds is 5. The maximum atomic E-state index is 13.2. The maximum absolute atomic E-state index is 13.2. The van der Waals surface area contributed by atoms with Crippen molar-refractivity contribution in [2.24, 2.45) is 5.92 Å². The van der Waals surface area contributed by atoms with Gasteiger partial charge in [0.15, 0.2) is 0 Å². The van der Waals surface area contributed by atoms with Crippen LogP contribution in [-0.2, 0) is 4.79 Å². The van der Waals surface area contributed by atoms with Gasteiger partial charge in [-0.25, -0.2) is 18.7 Å². The Bertz CT molecular complexity index is 1420. The Morgan fingerprint density at radius 1 is 1.24 bits per heavy atom. The van der Waals surface area contributed by atoms with Crippen molar-refractivity contribution in [1.29, 1.82) is 0 Å². The van der Waals surface area contributed by atoms with Crippen LogP contribution < -0.4 is 5.32 Å². The van der Waals surface area contributed by atoms with E-state index in [1.54, 1.807) is 18.5 Å². The summed E-state index contributed by atoms with van der Waals surface area (Å²) in [5.41, 5.74) is 5.56. The molecule has 0 bridgehead atoms. The lowest BCUT2D eigenvalue weighted by Gasteiger charge is -2.14. The number of nitrogens with one attached hydrogen (secondary N) is 1. The molecule has 170 valence electrons. The Balaban J connectivity index is 1.59. The number of carbonyl (C=O) groups is 1. The van der Waals surface area contributed by atoms with Crippen molar-refractivity contribution in [3.63, 3.8) is 0 Å². The Morgan fingerprint density at radius 2 is 2.00 bits per heavy atom. The van der Waals surface area contributed by atoms with Crippen molar-refractivity contribution in [1.82, 2.24) is 19.4 Å². The lowest BCUT2D eigenvalue weighted by molar-refractivity contribution is -0.119. The van der Waals surface area contributed by atoms with E-state index in [4.69, 9.17) is 0 Å². The number of imidazole rings is 1. The minimum Gasteiger partial charge on any atom is -0.387 e. The normalized spacial score (nSPS) is 17.9. The number of aliphatic hydroxyl groups excluding tert-OH is 1. The van der Waals surface area contributed by atoms with E-state index >= 15 is 0 Å². The van der Waals surface area contributed by atoms with Gasteiger partial charge in [-0.3, -0.25) is 14.2 Å². The predicted octanol–water partition coefficient (Wildman–Crippen LogP) is 4.60. The van der Waals surface area contributed by atoms with Crippen molar-refractivity contribution >= 4 is 28.3 Å².